The van der Waals surface area contributed by atoms with Gasteiger partial charge in [0.05, 0.1) is 17.6 Å². The first-order chi connectivity index (χ1) is 14.0. The first-order valence-electron chi connectivity index (χ1n) is 8.00. The van der Waals surface area contributed by atoms with Crippen LogP contribution >= 0.6 is 0 Å². The lowest BCUT2D eigenvalue weighted by molar-refractivity contribution is -0.384. The van der Waals surface area contributed by atoms with Crippen molar-refractivity contribution in [1.82, 2.24) is 5.06 Å². The highest BCUT2D eigenvalue weighted by Gasteiger charge is 2.46. The number of nitro benzene ring substituents is 1. The number of hydroxylamine groups is 2. The lowest BCUT2D eigenvalue weighted by atomic mass is 10.0. The minimum Gasteiger partial charge on any atom is -0.376 e. The summed E-state index contributed by atoms with van der Waals surface area (Å²) in [6.07, 6.45) is 0. The Morgan fingerprint density at radius 3 is 2.03 bits per heavy atom. The van der Waals surface area contributed by atoms with Crippen LogP contribution < -0.4 is 4.18 Å². The molecule has 2 atom stereocenters. The van der Waals surface area contributed by atoms with Crippen LogP contribution in [0.1, 0.15) is 11.6 Å². The fraction of sp³-hybridized carbons (Fsp3) is 0.250. The molecule has 2 aromatic carbocycles. The summed E-state index contributed by atoms with van der Waals surface area (Å²) in [5.74, 6) is -14.1. The van der Waals surface area contributed by atoms with Crippen LogP contribution in [0.5, 0.6) is 5.75 Å². The van der Waals surface area contributed by atoms with Crippen LogP contribution in [0, 0.1) is 39.2 Å². The zero-order chi connectivity index (χ0) is 22.4. The fourth-order valence-electron chi connectivity index (χ4n) is 2.89. The van der Waals surface area contributed by atoms with E-state index in [1.807, 2.05) is 0 Å². The number of non-ortho nitro benzene ring substituents is 1. The van der Waals surface area contributed by atoms with Crippen LogP contribution in [0.2, 0.25) is 0 Å². The molecule has 8 nitrogen and oxygen atoms in total. The maximum atomic E-state index is 13.8. The fourth-order valence-corrected chi connectivity index (χ4v) is 4.27. The molecule has 0 aromatic heterocycles. The molecule has 0 aliphatic carbocycles. The Morgan fingerprint density at radius 2 is 1.53 bits per heavy atom. The van der Waals surface area contributed by atoms with Gasteiger partial charge in [0.2, 0.25) is 34.8 Å². The molecule has 0 spiro atoms. The molecule has 1 fully saturated rings. The number of hydrogen-bond donors (Lipinski definition) is 0. The van der Waals surface area contributed by atoms with Crippen LogP contribution in [-0.2, 0) is 15.0 Å². The van der Waals surface area contributed by atoms with Gasteiger partial charge in [-0.15, -0.1) is 0 Å². The largest absolute Gasteiger partial charge is 0.376 e. The normalized spacial score (nSPS) is 19.8. The molecule has 1 saturated heterocycles. The highest BCUT2D eigenvalue weighted by molar-refractivity contribution is 7.87. The van der Waals surface area contributed by atoms with Gasteiger partial charge in [0, 0.05) is 19.2 Å². The number of benzene rings is 2. The molecule has 3 rings (SSSR count). The average Bonchev–Trinajstić information content (AvgIpc) is 3.10. The van der Waals surface area contributed by atoms with E-state index in [0.717, 1.165) is 17.2 Å². The second-order valence-electron chi connectivity index (χ2n) is 6.15. The Kier molecular flexibility index (Phi) is 5.66. The topological polar surface area (TPSA) is 99.0 Å². The quantitative estimate of drug-likeness (QED) is 0.171. The SMILES string of the molecule is CN1OC[C@@H](S(=O)(=O)Oc2c(F)c(F)c(F)c(F)c2F)[C@@H]1c1ccc([N+](=O)[O-])cc1. The standard InChI is InChI=1S/C16H11F5N2O6S/c1-22-15(7-2-4-8(5-3-7)23(24)25)9(6-28-22)30(26,27)29-16-13(20)11(18)10(17)12(19)14(16)21/h2-5,9,15H,6H2,1H3/t9-,15+/m1/s1. The molecule has 0 N–H and O–H groups in total. The predicted molar refractivity (Wildman–Crippen MR) is 89.1 cm³/mol. The third-order valence-electron chi connectivity index (χ3n) is 4.37. The van der Waals surface area contributed by atoms with Crippen molar-refractivity contribution in [2.24, 2.45) is 0 Å². The second-order valence-corrected chi connectivity index (χ2v) is 7.91. The third kappa shape index (κ3) is 3.68. The van der Waals surface area contributed by atoms with E-state index in [2.05, 4.69) is 4.18 Å². The minimum absolute atomic E-state index is 0.204. The van der Waals surface area contributed by atoms with Crippen molar-refractivity contribution in [3.8, 4) is 5.75 Å². The molecule has 1 aliphatic rings. The van der Waals surface area contributed by atoms with Crippen molar-refractivity contribution in [3.05, 3.63) is 69.0 Å². The zero-order valence-electron chi connectivity index (χ0n) is 14.8. The van der Waals surface area contributed by atoms with E-state index in [9.17, 15) is 40.5 Å². The van der Waals surface area contributed by atoms with E-state index in [4.69, 9.17) is 4.84 Å². The van der Waals surface area contributed by atoms with Gasteiger partial charge in [0.15, 0.2) is 0 Å². The van der Waals surface area contributed by atoms with Crippen LogP contribution in [0.3, 0.4) is 0 Å². The van der Waals surface area contributed by atoms with Crippen molar-refractivity contribution in [2.45, 2.75) is 11.3 Å². The van der Waals surface area contributed by atoms with Crippen molar-refractivity contribution in [3.63, 3.8) is 0 Å². The van der Waals surface area contributed by atoms with Crippen LogP contribution in [0.15, 0.2) is 24.3 Å². The van der Waals surface area contributed by atoms with E-state index < -0.39 is 67.8 Å². The molecular formula is C16H11F5N2O6S. The monoisotopic (exact) mass is 454 g/mol. The molecule has 1 aliphatic heterocycles. The summed E-state index contributed by atoms with van der Waals surface area (Å²) in [5.41, 5.74) is -0.0763. The summed E-state index contributed by atoms with van der Waals surface area (Å²) in [6.45, 7) is -0.574. The van der Waals surface area contributed by atoms with E-state index in [1.54, 1.807) is 0 Å². The maximum absolute atomic E-state index is 13.8. The van der Waals surface area contributed by atoms with Crippen molar-refractivity contribution < 1.29 is 44.3 Å². The molecule has 2 aromatic rings. The molecule has 30 heavy (non-hydrogen) atoms. The van der Waals surface area contributed by atoms with Crippen molar-refractivity contribution in [2.75, 3.05) is 13.7 Å². The smallest absolute Gasteiger partial charge is 0.316 e. The Bertz CT molecular complexity index is 1080. The summed E-state index contributed by atoms with van der Waals surface area (Å²) in [6, 6.07) is 3.49. The lowest BCUT2D eigenvalue weighted by Crippen LogP contribution is -2.34. The third-order valence-corrected chi connectivity index (χ3v) is 5.91. The first kappa shape index (κ1) is 21.9. The molecule has 14 heteroatoms. The van der Waals surface area contributed by atoms with E-state index in [-0.39, 0.29) is 11.3 Å². The highest BCUT2D eigenvalue weighted by Crippen LogP contribution is 2.37. The number of nitrogens with zero attached hydrogens (tertiary/aromatic N) is 2. The molecule has 1 heterocycles. The summed E-state index contributed by atoms with van der Waals surface area (Å²) < 4.78 is 97.0. The lowest BCUT2D eigenvalue weighted by Gasteiger charge is -2.22. The van der Waals surface area contributed by atoms with Gasteiger partial charge in [-0.05, 0) is 5.56 Å². The van der Waals surface area contributed by atoms with Crippen molar-refractivity contribution in [1.29, 1.82) is 0 Å². The van der Waals surface area contributed by atoms with Gasteiger partial charge in [-0.2, -0.15) is 22.3 Å². The summed E-state index contributed by atoms with van der Waals surface area (Å²) in [7, 11) is -3.68. The zero-order valence-corrected chi connectivity index (χ0v) is 15.6. The van der Waals surface area contributed by atoms with Crippen molar-refractivity contribution >= 4 is 15.8 Å². The minimum atomic E-state index is -5.00. The molecule has 0 unspecified atom stereocenters. The Labute approximate surface area is 165 Å². The molecule has 0 amide bonds. The van der Waals surface area contributed by atoms with Gasteiger partial charge < -0.3 is 4.18 Å². The van der Waals surface area contributed by atoms with Gasteiger partial charge in [-0.25, -0.2) is 13.2 Å². The van der Waals surface area contributed by atoms with Gasteiger partial charge >= 0.3 is 10.1 Å². The number of halogens is 5. The Balaban J connectivity index is 1.98. The van der Waals surface area contributed by atoms with Crippen LogP contribution in [0.25, 0.3) is 0 Å². The Hall–Kier alpha value is -2.84. The highest BCUT2D eigenvalue weighted by atomic mass is 32.2. The molecule has 0 saturated carbocycles. The van der Waals surface area contributed by atoms with E-state index >= 15 is 0 Å². The predicted octanol–water partition coefficient (Wildman–Crippen LogP) is 2.99. The van der Waals surface area contributed by atoms with Gasteiger partial charge in [0.25, 0.3) is 5.69 Å². The van der Waals surface area contributed by atoms with Crippen LogP contribution in [0.4, 0.5) is 27.6 Å². The summed E-state index contributed by atoms with van der Waals surface area (Å²) in [4.78, 5) is 15.2. The van der Waals surface area contributed by atoms with Gasteiger partial charge in [-0.1, -0.05) is 12.1 Å². The number of hydrogen-bond acceptors (Lipinski definition) is 7. The molecular weight excluding hydrogens is 443 g/mol. The van der Waals surface area contributed by atoms with E-state index in [1.165, 1.54) is 19.2 Å². The number of rotatable bonds is 5. The summed E-state index contributed by atoms with van der Waals surface area (Å²) in [5, 5.41) is 10.2. The molecule has 0 bridgehead atoms. The summed E-state index contributed by atoms with van der Waals surface area (Å²) >= 11 is 0. The first-order valence-corrected chi connectivity index (χ1v) is 9.47. The maximum Gasteiger partial charge on any atom is 0.316 e. The van der Waals surface area contributed by atoms with Gasteiger partial charge in [0.1, 0.15) is 5.25 Å². The molecule has 0 radical (unpaired) electrons. The number of nitro groups is 1. The second kappa shape index (κ2) is 7.77. The average molecular weight is 454 g/mol. The van der Waals surface area contributed by atoms with E-state index in [0.29, 0.717) is 0 Å². The van der Waals surface area contributed by atoms with Gasteiger partial charge in [-0.3, -0.25) is 15.0 Å². The molecule has 162 valence electrons. The Morgan fingerprint density at radius 1 is 1.03 bits per heavy atom. The van der Waals surface area contributed by atoms with Crippen LogP contribution in [-0.4, -0.2) is 37.3 Å².